The Morgan fingerprint density at radius 3 is 2.79 bits per heavy atom. The van der Waals surface area contributed by atoms with Crippen LogP contribution in [0.2, 0.25) is 5.02 Å². The largest absolute Gasteiger partial charge is 0.478 e. The molecule has 0 unspecified atom stereocenters. The molecule has 98 valence electrons. The van der Waals surface area contributed by atoms with E-state index in [1.807, 2.05) is 6.92 Å². The third-order valence-corrected chi connectivity index (χ3v) is 3.12. The molecule has 2 rings (SSSR count). The van der Waals surface area contributed by atoms with Crippen molar-refractivity contribution < 1.29 is 14.6 Å². The average Bonchev–Trinajstić information content (AvgIpc) is 2.32. The second-order valence-electron chi connectivity index (χ2n) is 3.85. The molecular weight excluding hydrogens is 334 g/mol. The Balaban J connectivity index is 2.42. The maximum Gasteiger partial charge on any atom is 0.339 e. The molecule has 0 aliphatic rings. The summed E-state index contributed by atoms with van der Waals surface area (Å²) in [6, 6.07) is 6.48. The van der Waals surface area contributed by atoms with Gasteiger partial charge in [-0.25, -0.2) is 9.78 Å². The van der Waals surface area contributed by atoms with Gasteiger partial charge in [-0.15, -0.1) is 0 Å². The molecule has 1 aromatic carbocycles. The summed E-state index contributed by atoms with van der Waals surface area (Å²) >= 11 is 9.05. The van der Waals surface area contributed by atoms with Crippen LogP contribution in [0.4, 0.5) is 0 Å². The fraction of sp³-hybridized carbons (Fsp3) is 0.0769. The Labute approximate surface area is 123 Å². The van der Waals surface area contributed by atoms with E-state index in [9.17, 15) is 4.79 Å². The zero-order valence-electron chi connectivity index (χ0n) is 9.85. The first-order chi connectivity index (χ1) is 8.97. The van der Waals surface area contributed by atoms with Crippen molar-refractivity contribution in [3.63, 3.8) is 0 Å². The summed E-state index contributed by atoms with van der Waals surface area (Å²) in [6.07, 6.45) is 1.43. The number of aromatic nitrogens is 1. The highest BCUT2D eigenvalue weighted by atomic mass is 79.9. The number of carboxylic acid groups (broad SMARTS) is 1. The summed E-state index contributed by atoms with van der Waals surface area (Å²) in [6.45, 7) is 1.85. The van der Waals surface area contributed by atoms with E-state index in [0.717, 1.165) is 5.56 Å². The molecule has 0 aliphatic heterocycles. The van der Waals surface area contributed by atoms with Crippen molar-refractivity contribution in [2.75, 3.05) is 0 Å². The van der Waals surface area contributed by atoms with Crippen LogP contribution in [0.1, 0.15) is 15.9 Å². The van der Waals surface area contributed by atoms with Crippen LogP contribution < -0.4 is 4.74 Å². The summed E-state index contributed by atoms with van der Waals surface area (Å²) in [5.41, 5.74) is 0.972. The van der Waals surface area contributed by atoms with E-state index >= 15 is 0 Å². The highest BCUT2D eigenvalue weighted by Gasteiger charge is 2.14. The monoisotopic (exact) mass is 341 g/mol. The van der Waals surface area contributed by atoms with Crippen molar-refractivity contribution in [3.05, 3.63) is 51.1 Å². The molecule has 1 heterocycles. The Morgan fingerprint density at radius 1 is 1.42 bits per heavy atom. The normalized spacial score (nSPS) is 10.3. The van der Waals surface area contributed by atoms with Gasteiger partial charge in [0.2, 0.25) is 5.88 Å². The van der Waals surface area contributed by atoms with Crippen LogP contribution in [0.3, 0.4) is 0 Å². The molecule has 6 heteroatoms. The first-order valence-corrected chi connectivity index (χ1v) is 6.47. The predicted molar refractivity (Wildman–Crippen MR) is 75.2 cm³/mol. The molecule has 0 bridgehead atoms. The maximum atomic E-state index is 11.1. The van der Waals surface area contributed by atoms with Gasteiger partial charge in [-0.05, 0) is 46.6 Å². The number of ether oxygens (including phenoxy) is 1. The third-order valence-electron chi connectivity index (χ3n) is 2.35. The zero-order valence-corrected chi connectivity index (χ0v) is 12.2. The van der Waals surface area contributed by atoms with Crippen LogP contribution in [-0.2, 0) is 0 Å². The second-order valence-corrected chi connectivity index (χ2v) is 5.14. The van der Waals surface area contributed by atoms with Gasteiger partial charge in [0.15, 0.2) is 0 Å². The molecule has 2 aromatic rings. The van der Waals surface area contributed by atoms with E-state index in [-0.39, 0.29) is 17.2 Å². The molecule has 0 saturated carbocycles. The molecule has 4 nitrogen and oxygen atoms in total. The van der Waals surface area contributed by atoms with E-state index in [1.54, 1.807) is 18.2 Å². The number of nitrogens with zero attached hydrogens (tertiary/aromatic N) is 1. The summed E-state index contributed by atoms with van der Waals surface area (Å²) < 4.78 is 6.09. The lowest BCUT2D eigenvalue weighted by molar-refractivity contribution is 0.0694. The van der Waals surface area contributed by atoms with Gasteiger partial charge < -0.3 is 9.84 Å². The lowest BCUT2D eigenvalue weighted by Gasteiger charge is -2.10. The van der Waals surface area contributed by atoms with Crippen molar-refractivity contribution in [1.82, 2.24) is 4.98 Å². The summed E-state index contributed by atoms with van der Waals surface area (Å²) in [4.78, 5) is 15.1. The van der Waals surface area contributed by atoms with Gasteiger partial charge in [0.1, 0.15) is 11.3 Å². The molecule has 0 radical (unpaired) electrons. The molecule has 0 aliphatic carbocycles. The Bertz CT molecular complexity index is 646. The Kier molecular flexibility index (Phi) is 4.07. The van der Waals surface area contributed by atoms with E-state index in [2.05, 4.69) is 20.9 Å². The molecule has 0 saturated heterocycles. The third kappa shape index (κ3) is 3.24. The summed E-state index contributed by atoms with van der Waals surface area (Å²) in [5.74, 6) is -0.555. The lowest BCUT2D eigenvalue weighted by atomic mass is 10.1. The molecule has 1 N–H and O–H groups in total. The minimum absolute atomic E-state index is 0.0780. The van der Waals surface area contributed by atoms with Crippen LogP contribution in [0.25, 0.3) is 0 Å². The molecule has 0 fully saturated rings. The van der Waals surface area contributed by atoms with Crippen LogP contribution in [0.15, 0.2) is 34.9 Å². The number of carboxylic acids is 1. The van der Waals surface area contributed by atoms with Crippen molar-refractivity contribution in [3.8, 4) is 11.6 Å². The summed E-state index contributed by atoms with van der Waals surface area (Å²) in [7, 11) is 0. The van der Waals surface area contributed by atoms with Gasteiger partial charge in [-0.2, -0.15) is 0 Å². The van der Waals surface area contributed by atoms with Crippen molar-refractivity contribution in [2.45, 2.75) is 6.92 Å². The molecular formula is C13H9BrClNO3. The van der Waals surface area contributed by atoms with Gasteiger partial charge >= 0.3 is 5.97 Å². The maximum absolute atomic E-state index is 11.1. The minimum Gasteiger partial charge on any atom is -0.478 e. The van der Waals surface area contributed by atoms with Crippen molar-refractivity contribution in [2.24, 2.45) is 0 Å². The second kappa shape index (κ2) is 5.59. The number of aromatic carboxylic acids is 1. The number of halogens is 2. The number of benzene rings is 1. The Hall–Kier alpha value is -1.59. The standard InChI is InChI=1S/C13H9BrClNO3/c1-7-2-3-9(13(17)18)11(4-7)19-12-10(14)5-8(15)6-16-12/h2-6H,1H3,(H,17,18). The SMILES string of the molecule is Cc1ccc(C(=O)O)c(Oc2ncc(Cl)cc2Br)c1. The van der Waals surface area contributed by atoms with Crippen molar-refractivity contribution in [1.29, 1.82) is 0 Å². The van der Waals surface area contributed by atoms with Gasteiger partial charge in [0, 0.05) is 6.20 Å². The smallest absolute Gasteiger partial charge is 0.339 e. The highest BCUT2D eigenvalue weighted by molar-refractivity contribution is 9.10. The van der Waals surface area contributed by atoms with Crippen LogP contribution in [0, 0.1) is 6.92 Å². The minimum atomic E-state index is -1.06. The first-order valence-electron chi connectivity index (χ1n) is 5.30. The molecule has 19 heavy (non-hydrogen) atoms. The Morgan fingerprint density at radius 2 is 2.16 bits per heavy atom. The van der Waals surface area contributed by atoms with E-state index in [4.69, 9.17) is 21.4 Å². The fourth-order valence-corrected chi connectivity index (χ4v) is 2.19. The van der Waals surface area contributed by atoms with Gasteiger partial charge in [-0.1, -0.05) is 17.7 Å². The number of hydrogen-bond donors (Lipinski definition) is 1. The van der Waals surface area contributed by atoms with Gasteiger partial charge in [-0.3, -0.25) is 0 Å². The predicted octanol–water partition coefficient (Wildman–Crippen LogP) is 4.30. The number of hydrogen-bond acceptors (Lipinski definition) is 3. The number of rotatable bonds is 3. The highest BCUT2D eigenvalue weighted by Crippen LogP contribution is 2.31. The number of aryl methyl sites for hydroxylation is 1. The van der Waals surface area contributed by atoms with E-state index < -0.39 is 5.97 Å². The molecule has 0 spiro atoms. The van der Waals surface area contributed by atoms with Crippen LogP contribution >= 0.6 is 27.5 Å². The number of carbonyl (C=O) groups is 1. The average molecular weight is 343 g/mol. The molecule has 1 aromatic heterocycles. The quantitative estimate of drug-likeness (QED) is 0.903. The fourth-order valence-electron chi connectivity index (χ4n) is 1.47. The topological polar surface area (TPSA) is 59.4 Å². The molecule has 0 amide bonds. The number of pyridine rings is 1. The van der Waals surface area contributed by atoms with Gasteiger partial charge in [0.05, 0.1) is 9.50 Å². The van der Waals surface area contributed by atoms with Gasteiger partial charge in [0.25, 0.3) is 0 Å². The van der Waals surface area contributed by atoms with E-state index in [0.29, 0.717) is 9.50 Å². The summed E-state index contributed by atoms with van der Waals surface area (Å²) in [5, 5.41) is 9.57. The van der Waals surface area contributed by atoms with Crippen LogP contribution in [0.5, 0.6) is 11.6 Å². The van der Waals surface area contributed by atoms with Crippen molar-refractivity contribution >= 4 is 33.5 Å². The van der Waals surface area contributed by atoms with E-state index in [1.165, 1.54) is 12.3 Å². The lowest BCUT2D eigenvalue weighted by Crippen LogP contribution is -2.01. The first kappa shape index (κ1) is 13.8. The van der Waals surface area contributed by atoms with Crippen LogP contribution in [-0.4, -0.2) is 16.1 Å². The molecule has 0 atom stereocenters. The zero-order chi connectivity index (χ0) is 14.0.